The Morgan fingerprint density at radius 1 is 0.868 bits per heavy atom. The van der Waals surface area contributed by atoms with Crippen LogP contribution in [0.2, 0.25) is 0 Å². The molecule has 3 heteroatoms. The first-order chi connectivity index (χ1) is 17.8. The summed E-state index contributed by atoms with van der Waals surface area (Å²) in [6.45, 7) is 23.5. The SMILES string of the molecule is CCCCCC1(C)CC(C)(C)c2cc3nc4c5c(C(C)(CC)CC)cccc5nc(C(C)(C)C)n4c3cc21. The van der Waals surface area contributed by atoms with Gasteiger partial charge in [-0.2, -0.15) is 0 Å². The molecule has 0 spiro atoms. The van der Waals surface area contributed by atoms with Crippen LogP contribution in [0, 0.1) is 0 Å². The highest BCUT2D eigenvalue weighted by atomic mass is 15.1. The van der Waals surface area contributed by atoms with E-state index in [1.165, 1.54) is 59.7 Å². The van der Waals surface area contributed by atoms with Gasteiger partial charge in [0.2, 0.25) is 0 Å². The Labute approximate surface area is 230 Å². The molecule has 0 saturated heterocycles. The number of hydrogen-bond acceptors (Lipinski definition) is 2. The van der Waals surface area contributed by atoms with Crippen LogP contribution in [0.3, 0.4) is 0 Å². The molecule has 0 aliphatic heterocycles. The van der Waals surface area contributed by atoms with Gasteiger partial charge < -0.3 is 0 Å². The van der Waals surface area contributed by atoms with Crippen LogP contribution in [0.15, 0.2) is 30.3 Å². The molecule has 0 saturated carbocycles. The van der Waals surface area contributed by atoms with E-state index in [4.69, 9.17) is 9.97 Å². The maximum atomic E-state index is 5.45. The van der Waals surface area contributed by atoms with Crippen LogP contribution < -0.4 is 0 Å². The molecular formula is C35H49N3. The third-order valence-corrected chi connectivity index (χ3v) is 9.92. The number of unbranched alkanes of at least 4 members (excludes halogenated alkanes) is 2. The van der Waals surface area contributed by atoms with Crippen LogP contribution in [-0.4, -0.2) is 14.4 Å². The summed E-state index contributed by atoms with van der Waals surface area (Å²) in [6, 6.07) is 11.6. The minimum Gasteiger partial charge on any atom is -0.279 e. The fourth-order valence-corrected chi connectivity index (χ4v) is 7.39. The molecular weight excluding hydrogens is 462 g/mol. The van der Waals surface area contributed by atoms with Crippen molar-refractivity contribution >= 4 is 27.6 Å². The van der Waals surface area contributed by atoms with Crippen LogP contribution in [-0.2, 0) is 21.7 Å². The van der Waals surface area contributed by atoms with E-state index in [1.807, 2.05) is 0 Å². The van der Waals surface area contributed by atoms with Crippen molar-refractivity contribution in [2.75, 3.05) is 0 Å². The molecule has 1 aliphatic carbocycles. The van der Waals surface area contributed by atoms with Crippen molar-refractivity contribution in [2.24, 2.45) is 0 Å². The van der Waals surface area contributed by atoms with Gasteiger partial charge >= 0.3 is 0 Å². The van der Waals surface area contributed by atoms with Gasteiger partial charge in [0.05, 0.1) is 16.6 Å². The first kappa shape index (κ1) is 27.2. The van der Waals surface area contributed by atoms with Gasteiger partial charge in [-0.25, -0.2) is 9.97 Å². The zero-order chi connectivity index (χ0) is 27.7. The molecule has 2 aromatic heterocycles. The zero-order valence-electron chi connectivity index (χ0n) is 25.7. The van der Waals surface area contributed by atoms with Gasteiger partial charge in [0.15, 0.2) is 0 Å². The summed E-state index contributed by atoms with van der Waals surface area (Å²) >= 11 is 0. The smallest absolute Gasteiger partial charge is 0.149 e. The molecule has 1 atom stereocenters. The topological polar surface area (TPSA) is 30.2 Å². The summed E-state index contributed by atoms with van der Waals surface area (Å²) in [6.07, 6.45) is 8.51. The van der Waals surface area contributed by atoms with E-state index in [0.717, 1.165) is 35.3 Å². The number of hydrogen-bond donors (Lipinski definition) is 0. The molecule has 2 heterocycles. The lowest BCUT2D eigenvalue weighted by molar-refractivity contribution is 0.344. The Hall–Kier alpha value is -2.42. The Balaban J connectivity index is 1.90. The maximum absolute atomic E-state index is 5.45. The first-order valence-corrected chi connectivity index (χ1v) is 15.1. The van der Waals surface area contributed by atoms with Gasteiger partial charge in [0.1, 0.15) is 11.5 Å². The fraction of sp³-hybridized carbons (Fsp3) is 0.600. The lowest BCUT2D eigenvalue weighted by Gasteiger charge is -2.29. The third-order valence-electron chi connectivity index (χ3n) is 9.92. The fourth-order valence-electron chi connectivity index (χ4n) is 7.39. The van der Waals surface area contributed by atoms with Crippen molar-refractivity contribution in [3.8, 4) is 0 Å². The summed E-state index contributed by atoms with van der Waals surface area (Å²) in [7, 11) is 0. The summed E-state index contributed by atoms with van der Waals surface area (Å²) in [5.41, 5.74) is 9.22. The molecule has 5 rings (SSSR count). The highest BCUT2D eigenvalue weighted by Gasteiger charge is 2.45. The summed E-state index contributed by atoms with van der Waals surface area (Å²) in [5, 5.41) is 1.23. The zero-order valence-corrected chi connectivity index (χ0v) is 25.7. The van der Waals surface area contributed by atoms with Crippen molar-refractivity contribution in [1.82, 2.24) is 14.4 Å². The Morgan fingerprint density at radius 2 is 1.58 bits per heavy atom. The number of benzene rings is 2. The van der Waals surface area contributed by atoms with Crippen molar-refractivity contribution < 1.29 is 0 Å². The Morgan fingerprint density at radius 3 is 2.21 bits per heavy atom. The highest BCUT2D eigenvalue weighted by Crippen LogP contribution is 2.53. The van der Waals surface area contributed by atoms with Gasteiger partial charge in [-0.1, -0.05) is 101 Å². The lowest BCUT2D eigenvalue weighted by atomic mass is 9.76. The van der Waals surface area contributed by atoms with Gasteiger partial charge in [-0.15, -0.1) is 0 Å². The van der Waals surface area contributed by atoms with Crippen LogP contribution >= 0.6 is 0 Å². The van der Waals surface area contributed by atoms with E-state index in [1.54, 1.807) is 0 Å². The normalized spacial score (nSPS) is 19.6. The van der Waals surface area contributed by atoms with E-state index in [9.17, 15) is 0 Å². The molecule has 4 aromatic rings. The van der Waals surface area contributed by atoms with Crippen molar-refractivity contribution in [3.63, 3.8) is 0 Å². The molecule has 2 aromatic carbocycles. The van der Waals surface area contributed by atoms with E-state index in [0.29, 0.717) is 0 Å². The molecule has 3 nitrogen and oxygen atoms in total. The quantitative estimate of drug-likeness (QED) is 0.231. The molecule has 0 bridgehead atoms. The lowest BCUT2D eigenvalue weighted by Crippen LogP contribution is -2.23. The van der Waals surface area contributed by atoms with Gasteiger partial charge in [0.25, 0.3) is 0 Å². The molecule has 0 amide bonds. The maximum Gasteiger partial charge on any atom is 0.149 e. The van der Waals surface area contributed by atoms with Gasteiger partial charge in [-0.05, 0) is 76.8 Å². The van der Waals surface area contributed by atoms with E-state index < -0.39 is 0 Å². The Bertz CT molecular complexity index is 1510. The molecule has 38 heavy (non-hydrogen) atoms. The largest absolute Gasteiger partial charge is 0.279 e. The number of nitrogens with zero attached hydrogens (tertiary/aromatic N) is 3. The predicted octanol–water partition coefficient (Wildman–Crippen LogP) is 9.93. The van der Waals surface area contributed by atoms with E-state index in [-0.39, 0.29) is 21.7 Å². The van der Waals surface area contributed by atoms with Crippen LogP contribution in [0.1, 0.15) is 137 Å². The van der Waals surface area contributed by atoms with Crippen LogP contribution in [0.5, 0.6) is 0 Å². The van der Waals surface area contributed by atoms with Crippen LogP contribution in [0.25, 0.3) is 27.6 Å². The average Bonchev–Trinajstić information content (AvgIpc) is 3.33. The predicted molar refractivity (Wildman–Crippen MR) is 164 cm³/mol. The minimum absolute atomic E-state index is 0.0880. The second-order valence-corrected chi connectivity index (χ2v) is 14.4. The van der Waals surface area contributed by atoms with Crippen molar-refractivity contribution in [3.05, 3.63) is 52.8 Å². The van der Waals surface area contributed by atoms with Crippen molar-refractivity contribution in [1.29, 1.82) is 0 Å². The number of imidazole rings is 1. The average molecular weight is 512 g/mol. The van der Waals surface area contributed by atoms with Crippen LogP contribution in [0.4, 0.5) is 0 Å². The molecule has 0 fully saturated rings. The second kappa shape index (κ2) is 9.07. The molecule has 1 aliphatic rings. The number of rotatable bonds is 7. The van der Waals surface area contributed by atoms with Gasteiger partial charge in [0, 0.05) is 10.8 Å². The van der Waals surface area contributed by atoms with Gasteiger partial charge in [-0.3, -0.25) is 4.40 Å². The number of aromatic nitrogens is 3. The van der Waals surface area contributed by atoms with E-state index >= 15 is 0 Å². The highest BCUT2D eigenvalue weighted by molar-refractivity contribution is 5.99. The molecule has 1 unspecified atom stereocenters. The monoisotopic (exact) mass is 511 g/mol. The third kappa shape index (κ3) is 4.07. The second-order valence-electron chi connectivity index (χ2n) is 14.4. The minimum atomic E-state index is -0.113. The van der Waals surface area contributed by atoms with E-state index in [2.05, 4.69) is 104 Å². The standard InChI is InChI=1S/C35H49N3/c1-11-14-15-19-35(10)22-33(7,8)24-20-27-28(21-25(24)35)38-30(36-27)29-23(34(9,12-2)13-3)17-16-18-26(29)37-31(38)32(4,5)6/h16-18,20-21H,11-15,19,22H2,1-10H3. The molecule has 0 N–H and O–H groups in total. The summed E-state index contributed by atoms with van der Waals surface area (Å²) < 4.78 is 2.42. The van der Waals surface area contributed by atoms with Crippen molar-refractivity contribution in [2.45, 2.75) is 136 Å². The Kier molecular flexibility index (Phi) is 6.48. The molecule has 204 valence electrons. The number of fused-ring (bicyclic) bond motifs is 6. The summed E-state index contributed by atoms with van der Waals surface area (Å²) in [4.78, 5) is 10.8. The summed E-state index contributed by atoms with van der Waals surface area (Å²) in [5.74, 6) is 1.10. The first-order valence-electron chi connectivity index (χ1n) is 15.1. The molecule has 0 radical (unpaired) electrons.